The second-order valence-electron chi connectivity index (χ2n) is 2.61. The zero-order chi connectivity index (χ0) is 8.69. The van der Waals surface area contributed by atoms with E-state index in [1.807, 2.05) is 6.20 Å². The van der Waals surface area contributed by atoms with Crippen molar-refractivity contribution in [2.75, 3.05) is 7.05 Å². The molecule has 0 unspecified atom stereocenters. The average Bonchev–Trinajstić information content (AvgIpc) is 2.03. The molecule has 0 radical (unpaired) electrons. The topological polar surface area (TPSA) is 20.3 Å². The number of carbonyl (C=O) groups is 1. The Morgan fingerprint density at radius 2 is 1.91 bits per heavy atom. The molecule has 0 N–H and O–H groups in total. The van der Waals surface area contributed by atoms with Crippen LogP contribution in [0.3, 0.4) is 0 Å². The standard InChI is InChI=1S/C4H7NO.2C2H5.In/c1-5-3-2-4-6;2*1-2;/h2-4H,1H3,(H,5,6);2*1H2,2H3;/q;;;+1/p-1. The van der Waals surface area contributed by atoms with Crippen LogP contribution in [0, 0.1) is 0 Å². The number of aldehydes is 1. The van der Waals surface area contributed by atoms with Gasteiger partial charge < -0.3 is 0 Å². The molecule has 0 aliphatic heterocycles. The minimum absolute atomic E-state index is 0.838. The Bertz CT molecular complexity index is 132. The molecular formula is C8H16InNO. The van der Waals surface area contributed by atoms with Gasteiger partial charge in [0.05, 0.1) is 0 Å². The van der Waals surface area contributed by atoms with E-state index < -0.39 is 21.7 Å². The van der Waals surface area contributed by atoms with Gasteiger partial charge in [0.1, 0.15) is 0 Å². The molecule has 0 fully saturated rings. The first-order chi connectivity index (χ1) is 5.26. The van der Waals surface area contributed by atoms with Gasteiger partial charge in [-0.1, -0.05) is 0 Å². The predicted molar refractivity (Wildman–Crippen MR) is 49.7 cm³/mol. The van der Waals surface area contributed by atoms with Crippen molar-refractivity contribution in [3.8, 4) is 0 Å². The maximum absolute atomic E-state index is 10.0. The summed E-state index contributed by atoms with van der Waals surface area (Å²) < 4.78 is 4.95. The summed E-state index contributed by atoms with van der Waals surface area (Å²) in [7, 11) is 2.09. The van der Waals surface area contributed by atoms with Crippen molar-refractivity contribution >= 4 is 28.0 Å². The Morgan fingerprint density at radius 1 is 1.36 bits per heavy atom. The van der Waals surface area contributed by atoms with Crippen LogP contribution in [0.4, 0.5) is 0 Å². The van der Waals surface area contributed by atoms with Crippen molar-refractivity contribution in [1.29, 1.82) is 0 Å². The van der Waals surface area contributed by atoms with E-state index in [1.54, 1.807) is 6.08 Å². The summed E-state index contributed by atoms with van der Waals surface area (Å²) in [5, 5.41) is 0. The van der Waals surface area contributed by atoms with Gasteiger partial charge in [-0.15, -0.1) is 0 Å². The summed E-state index contributed by atoms with van der Waals surface area (Å²) in [4.78, 5) is 10.0. The van der Waals surface area contributed by atoms with E-state index in [0.29, 0.717) is 0 Å². The maximum atomic E-state index is 10.0. The summed E-state index contributed by atoms with van der Waals surface area (Å²) in [6.45, 7) is 4.49. The van der Waals surface area contributed by atoms with E-state index in [2.05, 4.69) is 23.8 Å². The molecule has 11 heavy (non-hydrogen) atoms. The summed E-state index contributed by atoms with van der Waals surface area (Å²) in [5.74, 6) is 0. The van der Waals surface area contributed by atoms with Gasteiger partial charge >= 0.3 is 77.2 Å². The van der Waals surface area contributed by atoms with Gasteiger partial charge in [-0.05, 0) is 0 Å². The molecule has 2 nitrogen and oxygen atoms in total. The van der Waals surface area contributed by atoms with Crippen LogP contribution in [0.5, 0.6) is 0 Å². The quantitative estimate of drug-likeness (QED) is 0.551. The molecule has 0 aliphatic rings. The molecule has 0 heterocycles. The zero-order valence-electron chi connectivity index (χ0n) is 7.58. The molecule has 3 heteroatoms. The predicted octanol–water partition coefficient (Wildman–Crippen LogP) is 1.66. The third-order valence-electron chi connectivity index (χ3n) is 1.92. The summed E-state index contributed by atoms with van der Waals surface area (Å²) in [5.41, 5.74) is 0. The molecule has 0 bridgehead atoms. The van der Waals surface area contributed by atoms with Gasteiger partial charge in [-0.2, -0.15) is 0 Å². The van der Waals surface area contributed by atoms with Crippen LogP contribution in [0.15, 0.2) is 12.3 Å². The molecule has 0 aromatic rings. The fraction of sp³-hybridized carbons (Fsp3) is 0.625. The van der Waals surface area contributed by atoms with Crippen molar-refractivity contribution in [2.45, 2.75) is 22.2 Å². The van der Waals surface area contributed by atoms with Gasteiger partial charge in [-0.3, -0.25) is 0 Å². The van der Waals surface area contributed by atoms with E-state index in [9.17, 15) is 4.79 Å². The first kappa shape index (κ1) is 11.1. The molecule has 0 saturated heterocycles. The monoisotopic (exact) mass is 257 g/mol. The van der Waals surface area contributed by atoms with Crippen molar-refractivity contribution < 1.29 is 4.79 Å². The molecule has 0 aliphatic carbocycles. The van der Waals surface area contributed by atoms with Gasteiger partial charge in [0.2, 0.25) is 0 Å². The number of rotatable bonds is 5. The van der Waals surface area contributed by atoms with Crippen molar-refractivity contribution in [1.82, 2.24) is 2.89 Å². The van der Waals surface area contributed by atoms with Crippen LogP contribution < -0.4 is 0 Å². The van der Waals surface area contributed by atoms with Gasteiger partial charge in [0.15, 0.2) is 0 Å². The second kappa shape index (κ2) is 6.77. The molecule has 0 amide bonds. The zero-order valence-corrected chi connectivity index (χ0v) is 10.9. The third kappa shape index (κ3) is 4.51. The van der Waals surface area contributed by atoms with Gasteiger partial charge in [0, 0.05) is 0 Å². The van der Waals surface area contributed by atoms with Crippen LogP contribution in [0.1, 0.15) is 13.8 Å². The van der Waals surface area contributed by atoms with Crippen molar-refractivity contribution in [2.24, 2.45) is 0 Å². The van der Waals surface area contributed by atoms with E-state index in [1.165, 1.54) is 8.35 Å². The first-order valence-corrected chi connectivity index (χ1v) is 10.2. The minimum atomic E-state index is -1.39. The summed E-state index contributed by atoms with van der Waals surface area (Å²) in [6.07, 6.45) is 4.33. The Kier molecular flexibility index (Phi) is 6.82. The van der Waals surface area contributed by atoms with Crippen molar-refractivity contribution in [3.63, 3.8) is 0 Å². The Balaban J connectivity index is 3.86. The first-order valence-electron chi connectivity index (χ1n) is 4.10. The molecule has 0 aromatic heterocycles. The molecule has 62 valence electrons. The average molecular weight is 257 g/mol. The van der Waals surface area contributed by atoms with Gasteiger partial charge in [0.25, 0.3) is 0 Å². The van der Waals surface area contributed by atoms with E-state index in [0.717, 1.165) is 6.29 Å². The fourth-order valence-corrected chi connectivity index (χ4v) is 7.07. The third-order valence-corrected chi connectivity index (χ3v) is 11.1. The number of carbonyl (C=O) groups excluding carboxylic acids is 1. The Labute approximate surface area is 77.2 Å². The second-order valence-corrected chi connectivity index (χ2v) is 13.3. The van der Waals surface area contributed by atoms with Crippen LogP contribution >= 0.6 is 0 Å². The Morgan fingerprint density at radius 3 is 2.27 bits per heavy atom. The fourth-order valence-electron chi connectivity index (χ4n) is 1.16. The number of nitrogens with zero attached hydrogens (tertiary/aromatic N) is 1. The van der Waals surface area contributed by atoms with Crippen LogP contribution in [0.25, 0.3) is 0 Å². The molecular weight excluding hydrogens is 241 g/mol. The van der Waals surface area contributed by atoms with E-state index in [-0.39, 0.29) is 0 Å². The number of hydrogen-bond acceptors (Lipinski definition) is 2. The molecule has 0 saturated carbocycles. The normalized spacial score (nSPS) is 10.1. The van der Waals surface area contributed by atoms with Crippen molar-refractivity contribution in [3.05, 3.63) is 12.3 Å². The molecule has 0 rings (SSSR count). The summed E-state index contributed by atoms with van der Waals surface area (Å²) >= 11 is -1.39. The summed E-state index contributed by atoms with van der Waals surface area (Å²) in [6, 6.07) is 0. The Hall–Kier alpha value is 0.0801. The molecule has 0 atom stereocenters. The van der Waals surface area contributed by atoms with E-state index >= 15 is 0 Å². The van der Waals surface area contributed by atoms with Crippen LogP contribution in [-0.4, -0.2) is 37.9 Å². The number of allylic oxidation sites excluding steroid dienone is 1. The van der Waals surface area contributed by atoms with Crippen LogP contribution in [0.2, 0.25) is 8.35 Å². The SMILES string of the molecule is C[CH2][In]([CH2]C)[N](C)/C=C\C=O. The number of hydrogen-bond donors (Lipinski definition) is 0. The van der Waals surface area contributed by atoms with Gasteiger partial charge in [-0.25, -0.2) is 0 Å². The van der Waals surface area contributed by atoms with Crippen LogP contribution in [-0.2, 0) is 4.79 Å². The molecule has 0 spiro atoms. The van der Waals surface area contributed by atoms with E-state index in [4.69, 9.17) is 0 Å². The molecule has 0 aromatic carbocycles.